The smallest absolute Gasteiger partial charge is 0.272 e. The van der Waals surface area contributed by atoms with Crippen molar-refractivity contribution >= 4 is 28.3 Å². The zero-order valence-corrected chi connectivity index (χ0v) is 18.2. The molecule has 0 spiro atoms. The van der Waals surface area contributed by atoms with E-state index >= 15 is 0 Å². The van der Waals surface area contributed by atoms with Crippen molar-refractivity contribution in [1.29, 1.82) is 0 Å². The fourth-order valence-corrected chi connectivity index (χ4v) is 5.12. The molecule has 1 N–H and O–H groups in total. The molecule has 1 atom stereocenters. The number of nitrogens with zero attached hydrogens (tertiary/aromatic N) is 5. The van der Waals surface area contributed by atoms with Crippen LogP contribution in [0.2, 0.25) is 0 Å². The van der Waals surface area contributed by atoms with E-state index in [4.69, 9.17) is 0 Å². The maximum atomic E-state index is 13.5. The fourth-order valence-electron chi connectivity index (χ4n) is 4.59. The highest BCUT2D eigenvalue weighted by molar-refractivity contribution is 7.13. The number of carbonyl (C=O) groups is 2. The molecule has 5 rings (SSSR count). The van der Waals surface area contributed by atoms with Crippen molar-refractivity contribution < 1.29 is 9.59 Å². The number of aromatic nitrogens is 4. The Morgan fingerprint density at radius 2 is 2.03 bits per heavy atom. The van der Waals surface area contributed by atoms with Crippen molar-refractivity contribution in [3.05, 3.63) is 58.1 Å². The molecule has 0 aromatic carbocycles. The first-order valence-corrected chi connectivity index (χ1v) is 11.5. The zero-order valence-electron chi connectivity index (χ0n) is 17.4. The molecule has 1 fully saturated rings. The van der Waals surface area contributed by atoms with E-state index < -0.39 is 0 Å². The number of hydrogen-bond donors (Lipinski definition) is 1. The molecular weight excluding hydrogens is 412 g/mol. The molecule has 1 saturated heterocycles. The van der Waals surface area contributed by atoms with E-state index in [1.807, 2.05) is 23.4 Å². The van der Waals surface area contributed by atoms with Crippen LogP contribution in [0.15, 0.2) is 29.9 Å². The second-order valence-electron chi connectivity index (χ2n) is 8.02. The summed E-state index contributed by atoms with van der Waals surface area (Å²) in [5, 5.41) is 9.73. The molecule has 0 saturated carbocycles. The number of likely N-dealkylation sites (tertiary alicyclic amines) is 1. The van der Waals surface area contributed by atoms with Crippen LogP contribution in [0.5, 0.6) is 0 Å². The van der Waals surface area contributed by atoms with Gasteiger partial charge in [0.25, 0.3) is 11.8 Å². The van der Waals surface area contributed by atoms with Crippen LogP contribution in [0.4, 0.5) is 5.13 Å². The standard InChI is InChI=1S/C22H24N6O2S/c1-27-19(15-5-2-3-6-16(15)26-27)21(30)28-11-4-7-18(28)17-9-8-14(13-24-17)20(29)25-22-23-10-12-31-22/h8-10,12-13,18H,2-7,11H2,1H3,(H,23,25,29)/t18-/m0/s1. The first kappa shape index (κ1) is 19.9. The minimum absolute atomic E-state index is 0.0352. The second kappa shape index (κ2) is 8.22. The van der Waals surface area contributed by atoms with Crippen molar-refractivity contribution in [3.63, 3.8) is 0 Å². The third-order valence-electron chi connectivity index (χ3n) is 6.08. The number of carbonyl (C=O) groups excluding carboxylic acids is 2. The number of fused-ring (bicyclic) bond motifs is 1. The first-order chi connectivity index (χ1) is 15.1. The van der Waals surface area contributed by atoms with E-state index in [-0.39, 0.29) is 17.9 Å². The van der Waals surface area contributed by atoms with E-state index in [1.54, 1.807) is 23.1 Å². The summed E-state index contributed by atoms with van der Waals surface area (Å²) in [5.41, 5.74) is 4.19. The average Bonchev–Trinajstić information content (AvgIpc) is 3.53. The Morgan fingerprint density at radius 3 is 2.81 bits per heavy atom. The van der Waals surface area contributed by atoms with Gasteiger partial charge in [-0.15, -0.1) is 11.3 Å². The highest BCUT2D eigenvalue weighted by Crippen LogP contribution is 2.34. The Morgan fingerprint density at radius 1 is 1.16 bits per heavy atom. The number of nitrogens with one attached hydrogen (secondary N) is 1. The maximum Gasteiger partial charge on any atom is 0.272 e. The molecule has 3 aromatic rings. The largest absolute Gasteiger partial charge is 0.329 e. The van der Waals surface area contributed by atoms with Gasteiger partial charge in [-0.05, 0) is 50.7 Å². The highest BCUT2D eigenvalue weighted by atomic mass is 32.1. The van der Waals surface area contributed by atoms with E-state index in [0.29, 0.717) is 17.2 Å². The van der Waals surface area contributed by atoms with Gasteiger partial charge in [-0.3, -0.25) is 24.6 Å². The van der Waals surface area contributed by atoms with Gasteiger partial charge in [0, 0.05) is 36.9 Å². The summed E-state index contributed by atoms with van der Waals surface area (Å²) in [6, 6.07) is 3.53. The van der Waals surface area contributed by atoms with Gasteiger partial charge in [-0.25, -0.2) is 4.98 Å². The first-order valence-electron chi connectivity index (χ1n) is 10.6. The molecule has 0 unspecified atom stereocenters. The number of hydrogen-bond acceptors (Lipinski definition) is 6. The van der Waals surface area contributed by atoms with E-state index in [1.165, 1.54) is 11.3 Å². The molecule has 3 aromatic heterocycles. The predicted octanol–water partition coefficient (Wildman–Crippen LogP) is 3.38. The van der Waals surface area contributed by atoms with Crippen molar-refractivity contribution in [1.82, 2.24) is 24.6 Å². The average molecular weight is 437 g/mol. The number of aryl methyl sites for hydroxylation is 2. The Kier molecular flexibility index (Phi) is 5.27. The Hall–Kier alpha value is -3.07. The number of amides is 2. The van der Waals surface area contributed by atoms with Crippen LogP contribution in [0.25, 0.3) is 0 Å². The quantitative estimate of drug-likeness (QED) is 0.677. The lowest BCUT2D eigenvalue weighted by Gasteiger charge is -2.25. The lowest BCUT2D eigenvalue weighted by molar-refractivity contribution is 0.0720. The normalized spacial score (nSPS) is 18.1. The van der Waals surface area contributed by atoms with Crippen LogP contribution in [-0.4, -0.2) is 43.0 Å². The van der Waals surface area contributed by atoms with E-state index in [2.05, 4.69) is 20.4 Å². The maximum absolute atomic E-state index is 13.5. The number of rotatable bonds is 4. The van der Waals surface area contributed by atoms with Crippen LogP contribution in [-0.2, 0) is 19.9 Å². The van der Waals surface area contributed by atoms with Crippen molar-refractivity contribution in [2.24, 2.45) is 7.05 Å². The van der Waals surface area contributed by atoms with Crippen LogP contribution >= 0.6 is 11.3 Å². The number of anilines is 1. The van der Waals surface area contributed by atoms with Gasteiger partial charge in [0.05, 0.1) is 23.0 Å². The zero-order chi connectivity index (χ0) is 21.4. The molecule has 9 heteroatoms. The Balaban J connectivity index is 1.35. The Bertz CT molecular complexity index is 1110. The highest BCUT2D eigenvalue weighted by Gasteiger charge is 2.35. The summed E-state index contributed by atoms with van der Waals surface area (Å²) < 4.78 is 1.76. The summed E-state index contributed by atoms with van der Waals surface area (Å²) in [5.74, 6) is -0.206. The molecule has 2 amide bonds. The number of thiazole rings is 1. The molecule has 2 aliphatic rings. The van der Waals surface area contributed by atoms with Gasteiger partial charge in [-0.2, -0.15) is 5.10 Å². The molecular formula is C22H24N6O2S. The molecule has 0 radical (unpaired) electrons. The summed E-state index contributed by atoms with van der Waals surface area (Å²) in [6.45, 7) is 0.706. The van der Waals surface area contributed by atoms with Gasteiger partial charge in [0.15, 0.2) is 5.13 Å². The molecule has 4 heterocycles. The molecule has 8 nitrogen and oxygen atoms in total. The third-order valence-corrected chi connectivity index (χ3v) is 6.77. The summed E-state index contributed by atoms with van der Waals surface area (Å²) in [4.78, 5) is 36.4. The van der Waals surface area contributed by atoms with E-state index in [9.17, 15) is 9.59 Å². The third kappa shape index (κ3) is 3.74. The lowest BCUT2D eigenvalue weighted by atomic mass is 9.95. The summed E-state index contributed by atoms with van der Waals surface area (Å²) >= 11 is 1.37. The van der Waals surface area contributed by atoms with Crippen molar-refractivity contribution in [2.45, 2.75) is 44.6 Å². The molecule has 0 bridgehead atoms. The monoisotopic (exact) mass is 436 g/mol. The summed E-state index contributed by atoms with van der Waals surface area (Å²) in [7, 11) is 1.87. The molecule has 1 aliphatic carbocycles. The molecule has 160 valence electrons. The topological polar surface area (TPSA) is 93.0 Å². The minimum atomic E-state index is -0.241. The van der Waals surface area contributed by atoms with Crippen LogP contribution in [0.1, 0.15) is 69.5 Å². The molecule has 31 heavy (non-hydrogen) atoms. The van der Waals surface area contributed by atoms with Crippen molar-refractivity contribution in [2.75, 3.05) is 11.9 Å². The minimum Gasteiger partial charge on any atom is -0.329 e. The fraction of sp³-hybridized carbons (Fsp3) is 0.409. The van der Waals surface area contributed by atoms with Gasteiger partial charge in [0.1, 0.15) is 5.69 Å². The summed E-state index contributed by atoms with van der Waals surface area (Å²) in [6.07, 6.45) is 9.13. The van der Waals surface area contributed by atoms with Crippen LogP contribution < -0.4 is 5.32 Å². The predicted molar refractivity (Wildman–Crippen MR) is 117 cm³/mol. The van der Waals surface area contributed by atoms with E-state index in [0.717, 1.165) is 61.2 Å². The SMILES string of the molecule is Cn1nc2c(c1C(=O)N1CCC[C@H]1c1ccc(C(=O)Nc3nccs3)cn1)CCCC2. The second-order valence-corrected chi connectivity index (χ2v) is 8.92. The van der Waals surface area contributed by atoms with Crippen molar-refractivity contribution in [3.8, 4) is 0 Å². The van der Waals surface area contributed by atoms with Crippen LogP contribution in [0.3, 0.4) is 0 Å². The lowest BCUT2D eigenvalue weighted by Crippen LogP contribution is -2.33. The number of pyridine rings is 1. The molecule has 1 aliphatic heterocycles. The van der Waals surface area contributed by atoms with Gasteiger partial charge in [0.2, 0.25) is 0 Å². The Labute approximate surface area is 184 Å². The van der Waals surface area contributed by atoms with Crippen LogP contribution in [0, 0.1) is 0 Å². The van der Waals surface area contributed by atoms with Gasteiger partial charge >= 0.3 is 0 Å². The van der Waals surface area contributed by atoms with Gasteiger partial charge in [-0.1, -0.05) is 0 Å². The van der Waals surface area contributed by atoms with Gasteiger partial charge < -0.3 is 4.90 Å².